The SMILES string of the molecule is CC1=[N+](CCS(=O)(=O)[O-])c2ccccc2C1(C)C. The van der Waals surface area contributed by atoms with Crippen molar-refractivity contribution in [2.45, 2.75) is 26.2 Å². The molecule has 4 nitrogen and oxygen atoms in total. The Morgan fingerprint density at radius 1 is 1.28 bits per heavy atom. The van der Waals surface area contributed by atoms with E-state index in [9.17, 15) is 13.0 Å². The molecule has 1 aliphatic heterocycles. The van der Waals surface area contributed by atoms with Crippen LogP contribution in [0.25, 0.3) is 0 Å². The number of hydrogen-bond donors (Lipinski definition) is 0. The minimum Gasteiger partial charge on any atom is -0.748 e. The molecule has 0 bridgehead atoms. The predicted molar refractivity (Wildman–Crippen MR) is 69.5 cm³/mol. The molecule has 5 heteroatoms. The Kier molecular flexibility index (Phi) is 3.07. The van der Waals surface area contributed by atoms with E-state index in [0.717, 1.165) is 11.4 Å². The van der Waals surface area contributed by atoms with Crippen molar-refractivity contribution >= 4 is 21.5 Å². The Morgan fingerprint density at radius 3 is 2.50 bits per heavy atom. The van der Waals surface area contributed by atoms with E-state index in [0.29, 0.717) is 0 Å². The fourth-order valence-corrected chi connectivity index (χ4v) is 2.85. The number of fused-ring (bicyclic) bond motifs is 1. The molecule has 1 heterocycles. The van der Waals surface area contributed by atoms with Gasteiger partial charge in [-0.15, -0.1) is 0 Å². The van der Waals surface area contributed by atoms with E-state index in [4.69, 9.17) is 0 Å². The van der Waals surface area contributed by atoms with E-state index in [2.05, 4.69) is 13.8 Å². The third-order valence-electron chi connectivity index (χ3n) is 3.74. The first kappa shape index (κ1) is 13.2. The van der Waals surface area contributed by atoms with Crippen LogP contribution in [0.1, 0.15) is 26.3 Å². The molecule has 0 aliphatic carbocycles. The summed E-state index contributed by atoms with van der Waals surface area (Å²) in [5, 5.41) is 0. The van der Waals surface area contributed by atoms with Crippen LogP contribution in [0.3, 0.4) is 0 Å². The number of nitrogens with zero attached hydrogens (tertiary/aromatic N) is 1. The van der Waals surface area contributed by atoms with Gasteiger partial charge in [0.1, 0.15) is 10.1 Å². The van der Waals surface area contributed by atoms with Crippen LogP contribution in [0.15, 0.2) is 24.3 Å². The molecule has 1 aromatic carbocycles. The van der Waals surface area contributed by atoms with Crippen LogP contribution in [0.2, 0.25) is 0 Å². The van der Waals surface area contributed by atoms with Gasteiger partial charge in [0, 0.05) is 18.6 Å². The monoisotopic (exact) mass is 267 g/mol. The molecule has 0 atom stereocenters. The van der Waals surface area contributed by atoms with Crippen molar-refractivity contribution in [1.82, 2.24) is 0 Å². The quantitative estimate of drug-likeness (QED) is 0.617. The average Bonchev–Trinajstić information content (AvgIpc) is 2.45. The summed E-state index contributed by atoms with van der Waals surface area (Å²) >= 11 is 0. The Labute approximate surface area is 108 Å². The van der Waals surface area contributed by atoms with Crippen LogP contribution >= 0.6 is 0 Å². The van der Waals surface area contributed by atoms with E-state index < -0.39 is 10.1 Å². The molecule has 0 N–H and O–H groups in total. The smallest absolute Gasteiger partial charge is 0.209 e. The van der Waals surface area contributed by atoms with Crippen LogP contribution in [-0.2, 0) is 15.5 Å². The van der Waals surface area contributed by atoms with E-state index in [1.165, 1.54) is 5.56 Å². The van der Waals surface area contributed by atoms with Crippen LogP contribution in [0, 0.1) is 0 Å². The van der Waals surface area contributed by atoms with Crippen molar-refractivity contribution in [3.8, 4) is 0 Å². The highest BCUT2D eigenvalue weighted by molar-refractivity contribution is 7.85. The van der Waals surface area contributed by atoms with Crippen LogP contribution in [-0.4, -0.2) is 35.6 Å². The highest BCUT2D eigenvalue weighted by atomic mass is 32.2. The Morgan fingerprint density at radius 2 is 1.89 bits per heavy atom. The van der Waals surface area contributed by atoms with Crippen molar-refractivity contribution in [3.63, 3.8) is 0 Å². The maximum absolute atomic E-state index is 10.8. The third kappa shape index (κ3) is 2.20. The van der Waals surface area contributed by atoms with E-state index in [1.54, 1.807) is 0 Å². The van der Waals surface area contributed by atoms with E-state index in [-0.39, 0.29) is 17.7 Å². The molecule has 0 fully saturated rings. The molecular weight excluding hydrogens is 250 g/mol. The summed E-state index contributed by atoms with van der Waals surface area (Å²) in [4.78, 5) is 0. The zero-order valence-corrected chi connectivity index (χ0v) is 11.6. The maximum atomic E-state index is 10.8. The molecule has 1 aromatic rings. The van der Waals surface area contributed by atoms with Crippen LogP contribution in [0.5, 0.6) is 0 Å². The molecule has 1 aliphatic rings. The molecule has 0 saturated carbocycles. The summed E-state index contributed by atoms with van der Waals surface area (Å²) < 4.78 is 34.3. The van der Waals surface area contributed by atoms with Crippen molar-refractivity contribution in [3.05, 3.63) is 29.8 Å². The highest BCUT2D eigenvalue weighted by Gasteiger charge is 2.42. The Hall–Kier alpha value is -1.20. The lowest BCUT2D eigenvalue weighted by Crippen LogP contribution is -2.28. The van der Waals surface area contributed by atoms with E-state index >= 15 is 0 Å². The van der Waals surface area contributed by atoms with Gasteiger partial charge < -0.3 is 4.55 Å². The molecule has 0 radical (unpaired) electrons. The lowest BCUT2D eigenvalue weighted by molar-refractivity contribution is -0.433. The van der Waals surface area contributed by atoms with Crippen LogP contribution < -0.4 is 0 Å². The lowest BCUT2D eigenvalue weighted by atomic mass is 9.82. The fraction of sp³-hybridized carbons (Fsp3) is 0.462. The Balaban J connectivity index is 2.44. The third-order valence-corrected chi connectivity index (χ3v) is 4.43. The number of para-hydroxylation sites is 1. The first-order chi connectivity index (χ1) is 8.23. The maximum Gasteiger partial charge on any atom is 0.209 e. The molecular formula is C13H17NO3S. The zero-order chi connectivity index (χ0) is 13.6. The van der Waals surface area contributed by atoms with Gasteiger partial charge in [-0.05, 0) is 13.8 Å². The second-order valence-corrected chi connectivity index (χ2v) is 6.66. The number of hydrogen-bond acceptors (Lipinski definition) is 3. The minimum absolute atomic E-state index is 0.122. The molecule has 2 rings (SSSR count). The Bertz CT molecular complexity index is 615. The van der Waals surface area contributed by atoms with E-state index in [1.807, 2.05) is 35.8 Å². The highest BCUT2D eigenvalue weighted by Crippen LogP contribution is 2.38. The van der Waals surface area contributed by atoms with Crippen molar-refractivity contribution in [2.24, 2.45) is 0 Å². The number of benzene rings is 1. The van der Waals surface area contributed by atoms with Gasteiger partial charge in [-0.2, -0.15) is 4.58 Å². The average molecular weight is 267 g/mol. The summed E-state index contributed by atoms with van der Waals surface area (Å²) in [5.41, 5.74) is 3.13. The molecule has 0 spiro atoms. The topological polar surface area (TPSA) is 60.2 Å². The van der Waals surface area contributed by atoms with Crippen molar-refractivity contribution in [1.29, 1.82) is 0 Å². The molecule has 0 saturated heterocycles. The van der Waals surface area contributed by atoms with Gasteiger partial charge in [0.25, 0.3) is 0 Å². The van der Waals surface area contributed by atoms with Gasteiger partial charge in [-0.1, -0.05) is 18.2 Å². The summed E-state index contributed by atoms with van der Waals surface area (Å²) in [6, 6.07) is 7.91. The van der Waals surface area contributed by atoms with Gasteiger partial charge in [0.15, 0.2) is 12.3 Å². The molecule has 0 amide bonds. The van der Waals surface area contributed by atoms with Crippen molar-refractivity contribution < 1.29 is 17.5 Å². The standard InChI is InChI=1S/C13H17NO3S/c1-10-13(2,3)11-6-4-5-7-12(11)14(10)8-9-18(15,16)17/h4-7H,8-9H2,1-3H3. The summed E-state index contributed by atoms with van der Waals surface area (Å²) in [6.07, 6.45) is 0. The lowest BCUT2D eigenvalue weighted by Gasteiger charge is -2.14. The molecule has 18 heavy (non-hydrogen) atoms. The van der Waals surface area contributed by atoms with Gasteiger partial charge >= 0.3 is 0 Å². The number of rotatable bonds is 3. The predicted octanol–water partition coefficient (Wildman–Crippen LogP) is 1.63. The van der Waals surface area contributed by atoms with Crippen LogP contribution in [0.4, 0.5) is 5.69 Å². The second kappa shape index (κ2) is 4.17. The summed E-state index contributed by atoms with van der Waals surface area (Å²) in [7, 11) is -4.18. The second-order valence-electron chi connectivity index (χ2n) is 5.14. The summed E-state index contributed by atoms with van der Waals surface area (Å²) in [5.74, 6) is -0.366. The normalized spacial score (nSPS) is 18.0. The largest absolute Gasteiger partial charge is 0.748 e. The van der Waals surface area contributed by atoms with Gasteiger partial charge in [0.2, 0.25) is 5.69 Å². The van der Waals surface area contributed by atoms with Crippen molar-refractivity contribution in [2.75, 3.05) is 12.3 Å². The van der Waals surface area contributed by atoms with Gasteiger partial charge in [-0.25, -0.2) is 8.42 Å². The first-order valence-corrected chi connectivity index (χ1v) is 7.46. The minimum atomic E-state index is -4.18. The van der Waals surface area contributed by atoms with Gasteiger partial charge in [-0.3, -0.25) is 0 Å². The fourth-order valence-electron chi connectivity index (χ4n) is 2.44. The summed E-state index contributed by atoms with van der Waals surface area (Å²) in [6.45, 7) is 6.41. The molecule has 0 unspecified atom stereocenters. The zero-order valence-electron chi connectivity index (χ0n) is 10.8. The molecule has 98 valence electrons. The first-order valence-electron chi connectivity index (χ1n) is 5.88. The van der Waals surface area contributed by atoms with Gasteiger partial charge in [0.05, 0.1) is 11.2 Å². The molecule has 0 aromatic heterocycles.